The molecule has 2 aromatic rings. The largest absolute Gasteiger partial charge is 0.493 e. The fourth-order valence-corrected chi connectivity index (χ4v) is 1.94. The van der Waals surface area contributed by atoms with Crippen LogP contribution >= 0.6 is 0 Å². The Morgan fingerprint density at radius 2 is 1.90 bits per heavy atom. The first-order valence-corrected chi connectivity index (χ1v) is 6.32. The standard InChI is InChI=1S/C15H17NO5/c1-9-4-13(19-2)14(20-3)6-12(9)16-7-11-5-10(8-21-11)15(17)18/h4-6,8,16H,7H2,1-3H3,(H,17,18). The molecule has 0 saturated heterocycles. The molecule has 1 aromatic heterocycles. The molecule has 0 spiro atoms. The number of hydrogen-bond donors (Lipinski definition) is 2. The molecule has 1 aromatic carbocycles. The number of ether oxygens (including phenoxy) is 2. The van der Waals surface area contributed by atoms with Gasteiger partial charge in [-0.05, 0) is 24.6 Å². The molecule has 0 aliphatic rings. The Balaban J connectivity index is 2.13. The third-order valence-electron chi connectivity index (χ3n) is 3.08. The van der Waals surface area contributed by atoms with Crippen molar-refractivity contribution in [3.8, 4) is 11.5 Å². The predicted molar refractivity (Wildman–Crippen MR) is 77.3 cm³/mol. The number of methoxy groups -OCH3 is 2. The van der Waals surface area contributed by atoms with Gasteiger partial charge in [0, 0.05) is 11.8 Å². The lowest BCUT2D eigenvalue weighted by Gasteiger charge is -2.13. The van der Waals surface area contributed by atoms with Crippen molar-refractivity contribution in [2.45, 2.75) is 13.5 Å². The molecule has 2 rings (SSSR count). The summed E-state index contributed by atoms with van der Waals surface area (Å²) in [4.78, 5) is 10.8. The summed E-state index contributed by atoms with van der Waals surface area (Å²) in [6.07, 6.45) is 1.22. The van der Waals surface area contributed by atoms with Crippen molar-refractivity contribution < 1.29 is 23.8 Å². The van der Waals surface area contributed by atoms with E-state index in [1.54, 1.807) is 14.2 Å². The average molecular weight is 291 g/mol. The highest BCUT2D eigenvalue weighted by molar-refractivity contribution is 5.87. The molecule has 0 radical (unpaired) electrons. The average Bonchev–Trinajstić information content (AvgIpc) is 2.94. The number of carbonyl (C=O) groups is 1. The number of furan rings is 1. The van der Waals surface area contributed by atoms with E-state index in [4.69, 9.17) is 19.0 Å². The summed E-state index contributed by atoms with van der Waals surface area (Å²) in [5, 5.41) is 12.0. The monoisotopic (exact) mass is 291 g/mol. The van der Waals surface area contributed by atoms with Gasteiger partial charge >= 0.3 is 5.97 Å². The highest BCUT2D eigenvalue weighted by Crippen LogP contribution is 2.33. The number of carboxylic acids is 1. The van der Waals surface area contributed by atoms with Gasteiger partial charge in [-0.2, -0.15) is 0 Å². The molecule has 6 nitrogen and oxygen atoms in total. The number of aromatic carboxylic acids is 1. The van der Waals surface area contributed by atoms with Crippen molar-refractivity contribution in [1.82, 2.24) is 0 Å². The van der Waals surface area contributed by atoms with Crippen LogP contribution < -0.4 is 14.8 Å². The Labute approximate surface area is 122 Å². The highest BCUT2D eigenvalue weighted by atomic mass is 16.5. The van der Waals surface area contributed by atoms with E-state index in [9.17, 15) is 4.79 Å². The Bertz CT molecular complexity index is 648. The first kappa shape index (κ1) is 14.8. The Morgan fingerprint density at radius 3 is 2.48 bits per heavy atom. The van der Waals surface area contributed by atoms with Crippen LogP contribution in [-0.4, -0.2) is 25.3 Å². The zero-order chi connectivity index (χ0) is 15.4. The van der Waals surface area contributed by atoms with E-state index in [1.807, 2.05) is 19.1 Å². The second kappa shape index (κ2) is 6.21. The maximum absolute atomic E-state index is 10.8. The molecule has 0 amide bonds. The molecule has 0 saturated carbocycles. The zero-order valence-electron chi connectivity index (χ0n) is 12.1. The van der Waals surface area contributed by atoms with Crippen LogP contribution in [0.1, 0.15) is 21.7 Å². The highest BCUT2D eigenvalue weighted by Gasteiger charge is 2.11. The summed E-state index contributed by atoms with van der Waals surface area (Å²) in [6.45, 7) is 2.32. The van der Waals surface area contributed by atoms with Gasteiger partial charge in [0.1, 0.15) is 12.0 Å². The smallest absolute Gasteiger partial charge is 0.338 e. The summed E-state index contributed by atoms with van der Waals surface area (Å²) in [6, 6.07) is 5.19. The molecule has 0 fully saturated rings. The van der Waals surface area contributed by atoms with Crippen LogP contribution in [-0.2, 0) is 6.54 Å². The minimum absolute atomic E-state index is 0.135. The molecule has 0 aliphatic carbocycles. The lowest BCUT2D eigenvalue weighted by molar-refractivity contribution is 0.0696. The summed E-state index contributed by atoms with van der Waals surface area (Å²) < 4.78 is 15.7. The van der Waals surface area contributed by atoms with Gasteiger partial charge < -0.3 is 24.3 Å². The second-order valence-corrected chi connectivity index (χ2v) is 4.48. The van der Waals surface area contributed by atoms with E-state index in [-0.39, 0.29) is 5.56 Å². The number of carboxylic acid groups (broad SMARTS) is 1. The normalized spacial score (nSPS) is 10.2. The Hall–Kier alpha value is -2.63. The molecular weight excluding hydrogens is 274 g/mol. The van der Waals surface area contributed by atoms with Gasteiger partial charge in [0.15, 0.2) is 11.5 Å². The predicted octanol–water partition coefficient (Wildman–Crippen LogP) is 2.92. The molecule has 0 bridgehead atoms. The molecule has 1 heterocycles. The zero-order valence-corrected chi connectivity index (χ0v) is 12.1. The third-order valence-corrected chi connectivity index (χ3v) is 3.08. The van der Waals surface area contributed by atoms with Gasteiger partial charge in [-0.1, -0.05) is 0 Å². The molecule has 21 heavy (non-hydrogen) atoms. The van der Waals surface area contributed by atoms with Gasteiger partial charge in [0.2, 0.25) is 0 Å². The number of rotatable bonds is 6. The van der Waals surface area contributed by atoms with E-state index in [0.29, 0.717) is 23.8 Å². The molecule has 0 aliphatic heterocycles. The number of hydrogen-bond acceptors (Lipinski definition) is 5. The van der Waals surface area contributed by atoms with Crippen molar-refractivity contribution >= 4 is 11.7 Å². The van der Waals surface area contributed by atoms with Crippen molar-refractivity contribution in [3.05, 3.63) is 41.3 Å². The SMILES string of the molecule is COc1cc(C)c(NCc2cc(C(=O)O)co2)cc1OC. The fraction of sp³-hybridized carbons (Fsp3) is 0.267. The minimum atomic E-state index is -1.01. The Kier molecular flexibility index (Phi) is 4.37. The van der Waals surface area contributed by atoms with Gasteiger partial charge in [0.05, 0.1) is 26.3 Å². The van der Waals surface area contributed by atoms with Crippen molar-refractivity contribution in [1.29, 1.82) is 0 Å². The van der Waals surface area contributed by atoms with Crippen molar-refractivity contribution in [2.24, 2.45) is 0 Å². The van der Waals surface area contributed by atoms with Gasteiger partial charge in [-0.15, -0.1) is 0 Å². The molecular formula is C15H17NO5. The molecule has 0 unspecified atom stereocenters. The first-order chi connectivity index (χ1) is 10.0. The van der Waals surface area contributed by atoms with Crippen LogP contribution in [0, 0.1) is 6.92 Å². The lowest BCUT2D eigenvalue weighted by Crippen LogP contribution is -2.02. The van der Waals surface area contributed by atoms with Crippen LogP contribution in [0.2, 0.25) is 0 Å². The third kappa shape index (κ3) is 3.28. The van der Waals surface area contributed by atoms with Crippen LogP contribution in [0.4, 0.5) is 5.69 Å². The molecule has 0 atom stereocenters. The van der Waals surface area contributed by atoms with E-state index >= 15 is 0 Å². The van der Waals surface area contributed by atoms with Crippen molar-refractivity contribution in [3.63, 3.8) is 0 Å². The van der Waals surface area contributed by atoms with Gasteiger partial charge in [-0.3, -0.25) is 0 Å². The van der Waals surface area contributed by atoms with Gasteiger partial charge in [0.25, 0.3) is 0 Å². The number of nitrogens with one attached hydrogen (secondary N) is 1. The summed E-state index contributed by atoms with van der Waals surface area (Å²) in [5.41, 5.74) is 1.98. The topological polar surface area (TPSA) is 80.9 Å². The van der Waals surface area contributed by atoms with E-state index < -0.39 is 5.97 Å². The van der Waals surface area contributed by atoms with E-state index in [1.165, 1.54) is 12.3 Å². The summed E-state index contributed by atoms with van der Waals surface area (Å²) in [7, 11) is 3.16. The minimum Gasteiger partial charge on any atom is -0.493 e. The number of anilines is 1. The first-order valence-electron chi connectivity index (χ1n) is 6.32. The number of aryl methyl sites for hydroxylation is 1. The summed E-state index contributed by atoms with van der Waals surface area (Å²) in [5.74, 6) is 0.817. The van der Waals surface area contributed by atoms with Crippen LogP contribution in [0.15, 0.2) is 28.9 Å². The van der Waals surface area contributed by atoms with E-state index in [2.05, 4.69) is 5.32 Å². The molecule has 2 N–H and O–H groups in total. The Morgan fingerprint density at radius 1 is 1.24 bits per heavy atom. The van der Waals surface area contributed by atoms with Crippen LogP contribution in [0.3, 0.4) is 0 Å². The van der Waals surface area contributed by atoms with Gasteiger partial charge in [-0.25, -0.2) is 4.79 Å². The second-order valence-electron chi connectivity index (χ2n) is 4.48. The maximum Gasteiger partial charge on any atom is 0.338 e. The van der Waals surface area contributed by atoms with Crippen LogP contribution in [0.5, 0.6) is 11.5 Å². The molecule has 112 valence electrons. The fourth-order valence-electron chi connectivity index (χ4n) is 1.94. The van der Waals surface area contributed by atoms with E-state index in [0.717, 1.165) is 11.3 Å². The quantitative estimate of drug-likeness (QED) is 0.851. The maximum atomic E-state index is 10.8. The summed E-state index contributed by atoms with van der Waals surface area (Å²) >= 11 is 0. The lowest BCUT2D eigenvalue weighted by atomic mass is 10.1. The number of benzene rings is 1. The van der Waals surface area contributed by atoms with Crippen molar-refractivity contribution in [2.75, 3.05) is 19.5 Å². The van der Waals surface area contributed by atoms with Crippen LogP contribution in [0.25, 0.3) is 0 Å². The molecule has 6 heteroatoms.